The zero-order valence-electron chi connectivity index (χ0n) is 14.6. The van der Waals surface area contributed by atoms with E-state index in [-0.39, 0.29) is 5.91 Å². The summed E-state index contributed by atoms with van der Waals surface area (Å²) < 4.78 is 5.27. The van der Waals surface area contributed by atoms with Crippen molar-refractivity contribution in [2.75, 3.05) is 31.2 Å². The molecule has 0 aromatic carbocycles. The fraction of sp³-hybridized carbons (Fsp3) is 0.529. The molecule has 3 rings (SSSR count). The number of nitrogens with one attached hydrogen (secondary N) is 1. The smallest absolute Gasteiger partial charge is 0.280 e. The van der Waals surface area contributed by atoms with Gasteiger partial charge in [0.1, 0.15) is 5.82 Å². The van der Waals surface area contributed by atoms with Crippen molar-refractivity contribution in [2.45, 2.75) is 33.1 Å². The van der Waals surface area contributed by atoms with Crippen LogP contribution in [0.1, 0.15) is 40.1 Å². The molecule has 0 radical (unpaired) electrons. The second kappa shape index (κ2) is 8.35. The number of ether oxygens (including phenoxy) is 1. The van der Waals surface area contributed by atoms with E-state index in [0.29, 0.717) is 24.8 Å². The molecule has 0 unspecified atom stereocenters. The summed E-state index contributed by atoms with van der Waals surface area (Å²) in [4.78, 5) is 20.1. The Morgan fingerprint density at radius 1 is 1.40 bits per heavy atom. The van der Waals surface area contributed by atoms with E-state index < -0.39 is 0 Å². The fourth-order valence-corrected chi connectivity index (χ4v) is 3.70. The molecule has 0 fully saturated rings. The first-order valence-electron chi connectivity index (χ1n) is 8.62. The highest BCUT2D eigenvalue weighted by Crippen LogP contribution is 2.35. The van der Waals surface area contributed by atoms with Crippen LogP contribution in [-0.4, -0.2) is 47.4 Å². The quantitative estimate of drug-likeness (QED) is 0.763. The molecular formula is C17H23N5O2S. The van der Waals surface area contributed by atoms with Crippen molar-refractivity contribution in [3.63, 3.8) is 0 Å². The summed E-state index contributed by atoms with van der Waals surface area (Å²) in [6, 6.07) is 3.89. The minimum atomic E-state index is -0.120. The summed E-state index contributed by atoms with van der Waals surface area (Å²) in [5, 5.41) is 11.8. The van der Waals surface area contributed by atoms with E-state index in [1.54, 1.807) is 0 Å². The lowest BCUT2D eigenvalue weighted by atomic mass is 10.2. The van der Waals surface area contributed by atoms with Gasteiger partial charge in [0.25, 0.3) is 5.91 Å². The molecular weight excluding hydrogens is 338 g/mol. The van der Waals surface area contributed by atoms with Crippen LogP contribution in [0.3, 0.4) is 0 Å². The lowest BCUT2D eigenvalue weighted by molar-refractivity contribution is 0.0944. The monoisotopic (exact) mass is 361 g/mol. The highest BCUT2D eigenvalue weighted by molar-refractivity contribution is 7.14. The first kappa shape index (κ1) is 17.8. The van der Waals surface area contributed by atoms with Crippen LogP contribution < -0.4 is 10.2 Å². The highest BCUT2D eigenvalue weighted by atomic mass is 32.1. The van der Waals surface area contributed by atoms with Crippen molar-refractivity contribution in [1.82, 2.24) is 20.5 Å². The molecule has 0 spiro atoms. The van der Waals surface area contributed by atoms with Gasteiger partial charge in [-0.3, -0.25) is 4.79 Å². The summed E-state index contributed by atoms with van der Waals surface area (Å²) in [6.45, 7) is 6.66. The third-order valence-electron chi connectivity index (χ3n) is 3.93. The Kier molecular flexibility index (Phi) is 5.93. The zero-order valence-corrected chi connectivity index (χ0v) is 15.4. The van der Waals surface area contributed by atoms with Gasteiger partial charge in [-0.05, 0) is 45.2 Å². The predicted octanol–water partition coefficient (Wildman–Crippen LogP) is 2.48. The average molecular weight is 361 g/mol. The van der Waals surface area contributed by atoms with E-state index in [1.807, 2.05) is 30.9 Å². The van der Waals surface area contributed by atoms with Crippen molar-refractivity contribution in [2.24, 2.45) is 0 Å². The molecule has 1 aliphatic heterocycles. The van der Waals surface area contributed by atoms with Gasteiger partial charge in [-0.25, -0.2) is 4.98 Å². The van der Waals surface area contributed by atoms with Crippen LogP contribution >= 0.6 is 11.3 Å². The Morgan fingerprint density at radius 3 is 3.04 bits per heavy atom. The summed E-state index contributed by atoms with van der Waals surface area (Å²) >= 11 is 1.47. The van der Waals surface area contributed by atoms with Crippen LogP contribution in [0.2, 0.25) is 0 Å². The predicted molar refractivity (Wildman–Crippen MR) is 97.7 cm³/mol. The molecule has 1 amide bonds. The van der Waals surface area contributed by atoms with Crippen LogP contribution in [0.15, 0.2) is 12.1 Å². The molecule has 0 saturated carbocycles. The molecule has 1 N–H and O–H groups in total. The normalized spacial score (nSPS) is 13.6. The number of amides is 1. The van der Waals surface area contributed by atoms with Crippen molar-refractivity contribution in [1.29, 1.82) is 0 Å². The molecule has 2 aromatic rings. The Morgan fingerprint density at radius 2 is 2.28 bits per heavy atom. The lowest BCUT2D eigenvalue weighted by Gasteiger charge is -2.25. The van der Waals surface area contributed by atoms with Crippen LogP contribution in [0.25, 0.3) is 0 Å². The number of anilines is 2. The maximum atomic E-state index is 12.3. The van der Waals surface area contributed by atoms with Gasteiger partial charge in [-0.15, -0.1) is 16.4 Å². The topological polar surface area (TPSA) is 80.2 Å². The third kappa shape index (κ3) is 4.32. The molecule has 1 aliphatic rings. The summed E-state index contributed by atoms with van der Waals surface area (Å²) in [5.74, 6) is 1.50. The van der Waals surface area contributed by atoms with Gasteiger partial charge < -0.3 is 15.0 Å². The molecule has 2 aromatic heterocycles. The van der Waals surface area contributed by atoms with E-state index in [1.165, 1.54) is 11.3 Å². The second-order valence-electron chi connectivity index (χ2n) is 5.86. The average Bonchev–Trinajstić information content (AvgIpc) is 3.06. The summed E-state index contributed by atoms with van der Waals surface area (Å²) in [5.41, 5.74) is 0.881. The number of aryl methyl sites for hydroxylation is 2. The first-order valence-corrected chi connectivity index (χ1v) is 9.44. The van der Waals surface area contributed by atoms with Gasteiger partial charge in [0.2, 0.25) is 0 Å². The Balaban J connectivity index is 1.69. The van der Waals surface area contributed by atoms with Gasteiger partial charge in [0.15, 0.2) is 10.8 Å². The van der Waals surface area contributed by atoms with E-state index >= 15 is 0 Å². The molecule has 7 nitrogen and oxygen atoms in total. The molecule has 3 heterocycles. The Labute approximate surface area is 151 Å². The van der Waals surface area contributed by atoms with E-state index in [0.717, 1.165) is 48.0 Å². The van der Waals surface area contributed by atoms with Crippen LogP contribution in [0.4, 0.5) is 11.6 Å². The third-order valence-corrected chi connectivity index (χ3v) is 5.03. The first-order chi connectivity index (χ1) is 12.2. The number of hydrogen-bond acceptors (Lipinski definition) is 7. The number of hydrogen-bond donors (Lipinski definition) is 1. The van der Waals surface area contributed by atoms with Crippen LogP contribution in [0.5, 0.6) is 0 Å². The number of aromatic nitrogens is 3. The number of rotatable bonds is 7. The minimum Gasteiger partial charge on any atom is -0.382 e. The van der Waals surface area contributed by atoms with Gasteiger partial charge in [0, 0.05) is 31.2 Å². The van der Waals surface area contributed by atoms with E-state index in [9.17, 15) is 4.79 Å². The van der Waals surface area contributed by atoms with Gasteiger partial charge in [-0.1, -0.05) is 0 Å². The van der Waals surface area contributed by atoms with Crippen LogP contribution in [-0.2, 0) is 11.2 Å². The van der Waals surface area contributed by atoms with Crippen LogP contribution in [0, 0.1) is 6.92 Å². The Hall–Kier alpha value is -2.06. The molecule has 0 atom stereocenters. The molecule has 134 valence electrons. The second-order valence-corrected chi connectivity index (χ2v) is 6.94. The zero-order chi connectivity index (χ0) is 17.6. The molecule has 0 bridgehead atoms. The summed E-state index contributed by atoms with van der Waals surface area (Å²) in [6.07, 6.45) is 2.76. The van der Waals surface area contributed by atoms with E-state index in [4.69, 9.17) is 4.74 Å². The van der Waals surface area contributed by atoms with E-state index in [2.05, 4.69) is 20.5 Å². The van der Waals surface area contributed by atoms with Crippen molar-refractivity contribution in [3.8, 4) is 0 Å². The number of nitrogens with zero attached hydrogens (tertiary/aromatic N) is 4. The van der Waals surface area contributed by atoms with Gasteiger partial charge >= 0.3 is 0 Å². The molecule has 0 saturated heterocycles. The highest BCUT2D eigenvalue weighted by Gasteiger charge is 2.26. The molecule has 25 heavy (non-hydrogen) atoms. The Bertz CT molecular complexity index is 716. The fourth-order valence-electron chi connectivity index (χ4n) is 2.67. The van der Waals surface area contributed by atoms with Gasteiger partial charge in [-0.2, -0.15) is 5.10 Å². The SMILES string of the molecule is CCOCCCNC(=O)c1nc2c(s1)CCCN2c1ccc(C)nn1. The van der Waals surface area contributed by atoms with Crippen molar-refractivity contribution >= 4 is 28.9 Å². The number of fused-ring (bicyclic) bond motifs is 1. The van der Waals surface area contributed by atoms with Gasteiger partial charge in [0.05, 0.1) is 5.69 Å². The maximum absolute atomic E-state index is 12.3. The molecule has 8 heteroatoms. The van der Waals surface area contributed by atoms with Crippen molar-refractivity contribution < 1.29 is 9.53 Å². The number of thiazole rings is 1. The lowest BCUT2D eigenvalue weighted by Crippen LogP contribution is -2.26. The maximum Gasteiger partial charge on any atom is 0.280 e. The minimum absolute atomic E-state index is 0.120. The number of carbonyl (C=O) groups excluding carboxylic acids is 1. The summed E-state index contributed by atoms with van der Waals surface area (Å²) in [7, 11) is 0. The molecule has 0 aliphatic carbocycles. The number of carbonyl (C=O) groups is 1. The van der Waals surface area contributed by atoms with Crippen molar-refractivity contribution in [3.05, 3.63) is 27.7 Å². The largest absolute Gasteiger partial charge is 0.382 e. The standard InChI is InChI=1S/C17H23N5O2S/c1-3-24-11-5-9-18-16(23)17-19-15-13(25-17)6-4-10-22(15)14-8-7-12(2)20-21-14/h7-8H,3-6,9-11H2,1-2H3,(H,18,23).